The molecule has 0 saturated carbocycles. The number of aromatic nitrogens is 1. The van der Waals surface area contributed by atoms with Gasteiger partial charge < -0.3 is 5.32 Å². The summed E-state index contributed by atoms with van der Waals surface area (Å²) >= 11 is 4.03. The Kier molecular flexibility index (Phi) is 4.80. The molecule has 0 aliphatic heterocycles. The monoisotopic (exact) mass is 238 g/mol. The van der Waals surface area contributed by atoms with Crippen molar-refractivity contribution in [3.05, 3.63) is 30.1 Å². The lowest BCUT2D eigenvalue weighted by Crippen LogP contribution is -2.36. The third kappa shape index (κ3) is 3.85. The van der Waals surface area contributed by atoms with E-state index in [1.807, 2.05) is 12.1 Å². The minimum atomic E-state index is -0.0742. The average Bonchev–Trinajstić information content (AvgIpc) is 2.28. The van der Waals surface area contributed by atoms with E-state index in [2.05, 4.69) is 36.8 Å². The van der Waals surface area contributed by atoms with E-state index in [0.717, 1.165) is 0 Å². The Hall–Kier alpha value is -1.03. The molecule has 1 aromatic rings. The van der Waals surface area contributed by atoms with Crippen LogP contribution in [0.4, 0.5) is 0 Å². The quantitative estimate of drug-likeness (QED) is 0.768. The number of nitrogens with one attached hydrogen (secondary N) is 1. The zero-order valence-electron chi connectivity index (χ0n) is 9.73. The highest BCUT2D eigenvalue weighted by atomic mass is 32.1. The minimum absolute atomic E-state index is 0.0529. The van der Waals surface area contributed by atoms with Crippen molar-refractivity contribution >= 4 is 18.5 Å². The number of rotatable bonds is 5. The van der Waals surface area contributed by atoms with E-state index in [1.165, 1.54) is 5.56 Å². The molecule has 1 amide bonds. The summed E-state index contributed by atoms with van der Waals surface area (Å²) < 4.78 is 0. The maximum Gasteiger partial charge on any atom is 0.220 e. The summed E-state index contributed by atoms with van der Waals surface area (Å²) in [6.07, 6.45) is 4.01. The first-order valence-corrected chi connectivity index (χ1v) is 5.97. The summed E-state index contributed by atoms with van der Waals surface area (Å²) in [5.74, 6) is 0.638. The molecule has 0 aliphatic carbocycles. The van der Waals surface area contributed by atoms with Crippen LogP contribution in [0.3, 0.4) is 0 Å². The molecule has 0 radical (unpaired) electrons. The van der Waals surface area contributed by atoms with Crippen LogP contribution in [0.15, 0.2) is 24.5 Å². The predicted molar refractivity (Wildman–Crippen MR) is 68.7 cm³/mol. The molecule has 1 aromatic heterocycles. The molecule has 0 aliphatic rings. The van der Waals surface area contributed by atoms with Crippen molar-refractivity contribution in [2.45, 2.75) is 25.7 Å². The zero-order valence-corrected chi connectivity index (χ0v) is 10.6. The normalized spacial score (nSPS) is 11.2. The van der Waals surface area contributed by atoms with Gasteiger partial charge in [-0.2, -0.15) is 12.6 Å². The zero-order chi connectivity index (χ0) is 12.0. The van der Waals surface area contributed by atoms with Crippen LogP contribution in [-0.2, 0) is 10.2 Å². The van der Waals surface area contributed by atoms with Crippen molar-refractivity contribution in [1.29, 1.82) is 0 Å². The van der Waals surface area contributed by atoms with Gasteiger partial charge in [-0.15, -0.1) is 0 Å². The van der Waals surface area contributed by atoms with Crippen LogP contribution in [0.2, 0.25) is 0 Å². The van der Waals surface area contributed by atoms with Crippen molar-refractivity contribution in [2.75, 3.05) is 12.3 Å². The van der Waals surface area contributed by atoms with E-state index in [9.17, 15) is 4.79 Å². The maximum absolute atomic E-state index is 11.3. The lowest BCUT2D eigenvalue weighted by molar-refractivity contribution is -0.120. The largest absolute Gasteiger partial charge is 0.355 e. The molecule has 0 atom stereocenters. The number of amides is 1. The first kappa shape index (κ1) is 13.0. The van der Waals surface area contributed by atoms with Crippen LogP contribution in [0, 0.1) is 0 Å². The van der Waals surface area contributed by atoms with E-state index in [1.54, 1.807) is 12.4 Å². The second kappa shape index (κ2) is 5.89. The van der Waals surface area contributed by atoms with Crippen LogP contribution in [0.5, 0.6) is 0 Å². The Balaban J connectivity index is 2.55. The fraction of sp³-hybridized carbons (Fsp3) is 0.500. The van der Waals surface area contributed by atoms with Gasteiger partial charge in [0.15, 0.2) is 0 Å². The van der Waals surface area contributed by atoms with Crippen LogP contribution in [-0.4, -0.2) is 23.2 Å². The molecule has 1 N–H and O–H groups in total. The molecule has 0 bridgehead atoms. The SMILES string of the molecule is CC(C)(CNC(=O)CCS)c1ccncc1. The molecule has 1 rings (SSSR count). The fourth-order valence-corrected chi connectivity index (χ4v) is 1.62. The Morgan fingerprint density at radius 2 is 2.06 bits per heavy atom. The van der Waals surface area contributed by atoms with Crippen LogP contribution >= 0.6 is 12.6 Å². The third-order valence-corrected chi connectivity index (χ3v) is 2.75. The molecular formula is C12H18N2OS. The van der Waals surface area contributed by atoms with Gasteiger partial charge in [-0.1, -0.05) is 13.8 Å². The van der Waals surface area contributed by atoms with Crippen molar-refractivity contribution in [1.82, 2.24) is 10.3 Å². The van der Waals surface area contributed by atoms with E-state index < -0.39 is 0 Å². The second-order valence-corrected chi connectivity index (χ2v) is 4.82. The highest BCUT2D eigenvalue weighted by molar-refractivity contribution is 7.80. The van der Waals surface area contributed by atoms with Crippen LogP contribution < -0.4 is 5.32 Å². The maximum atomic E-state index is 11.3. The first-order chi connectivity index (χ1) is 7.56. The molecule has 0 unspecified atom stereocenters. The lowest BCUT2D eigenvalue weighted by atomic mass is 9.85. The summed E-state index contributed by atoms with van der Waals surface area (Å²) in [7, 11) is 0. The van der Waals surface area contributed by atoms with Gasteiger partial charge in [0, 0.05) is 30.8 Å². The van der Waals surface area contributed by atoms with E-state index in [0.29, 0.717) is 18.7 Å². The number of hydrogen-bond donors (Lipinski definition) is 2. The minimum Gasteiger partial charge on any atom is -0.355 e. The fourth-order valence-electron chi connectivity index (χ4n) is 1.41. The van der Waals surface area contributed by atoms with Gasteiger partial charge in [0.25, 0.3) is 0 Å². The summed E-state index contributed by atoms with van der Waals surface area (Å²) in [5.41, 5.74) is 1.10. The Bertz CT molecular complexity index is 338. The van der Waals surface area contributed by atoms with Gasteiger partial charge in [0.05, 0.1) is 0 Å². The highest BCUT2D eigenvalue weighted by Crippen LogP contribution is 2.21. The van der Waals surface area contributed by atoms with Crippen LogP contribution in [0.1, 0.15) is 25.8 Å². The summed E-state index contributed by atoms with van der Waals surface area (Å²) in [6.45, 7) is 4.83. The van der Waals surface area contributed by atoms with Gasteiger partial charge >= 0.3 is 0 Å². The van der Waals surface area contributed by atoms with Crippen LogP contribution in [0.25, 0.3) is 0 Å². The molecular weight excluding hydrogens is 220 g/mol. The average molecular weight is 238 g/mol. The number of nitrogens with zero attached hydrogens (tertiary/aromatic N) is 1. The third-order valence-electron chi connectivity index (χ3n) is 2.53. The number of thiol groups is 1. The predicted octanol–water partition coefficient (Wildman–Crippen LogP) is 1.80. The lowest BCUT2D eigenvalue weighted by Gasteiger charge is -2.25. The molecule has 3 nitrogen and oxygen atoms in total. The smallest absolute Gasteiger partial charge is 0.220 e. The number of pyridine rings is 1. The molecule has 1 heterocycles. The molecule has 0 saturated heterocycles. The van der Waals surface area contributed by atoms with E-state index >= 15 is 0 Å². The number of hydrogen-bond acceptors (Lipinski definition) is 3. The summed E-state index contributed by atoms with van der Waals surface area (Å²) in [6, 6.07) is 3.95. The standard InChI is InChI=1S/C12H18N2OS/c1-12(2,9-14-11(15)5-8-16)10-3-6-13-7-4-10/h3-4,6-7,16H,5,8-9H2,1-2H3,(H,14,15). The molecule has 4 heteroatoms. The van der Waals surface area contributed by atoms with E-state index in [-0.39, 0.29) is 11.3 Å². The Morgan fingerprint density at radius 3 is 2.62 bits per heavy atom. The van der Waals surface area contributed by atoms with Gasteiger partial charge in [-0.3, -0.25) is 9.78 Å². The summed E-state index contributed by atoms with van der Waals surface area (Å²) in [5, 5.41) is 2.91. The van der Waals surface area contributed by atoms with Crippen molar-refractivity contribution in [3.8, 4) is 0 Å². The molecule has 0 aromatic carbocycles. The molecule has 16 heavy (non-hydrogen) atoms. The van der Waals surface area contributed by atoms with Crippen molar-refractivity contribution in [2.24, 2.45) is 0 Å². The van der Waals surface area contributed by atoms with Gasteiger partial charge in [-0.25, -0.2) is 0 Å². The number of carbonyl (C=O) groups excluding carboxylic acids is 1. The topological polar surface area (TPSA) is 42.0 Å². The second-order valence-electron chi connectivity index (χ2n) is 4.37. The summed E-state index contributed by atoms with van der Waals surface area (Å²) in [4.78, 5) is 15.3. The molecule has 0 fully saturated rings. The van der Waals surface area contributed by atoms with Gasteiger partial charge in [0.2, 0.25) is 5.91 Å². The molecule has 0 spiro atoms. The molecule has 88 valence electrons. The Labute approximate surface area is 102 Å². The Morgan fingerprint density at radius 1 is 1.44 bits per heavy atom. The van der Waals surface area contributed by atoms with Crippen molar-refractivity contribution in [3.63, 3.8) is 0 Å². The van der Waals surface area contributed by atoms with Gasteiger partial charge in [0.1, 0.15) is 0 Å². The number of carbonyl (C=O) groups is 1. The van der Waals surface area contributed by atoms with Crippen molar-refractivity contribution < 1.29 is 4.79 Å². The highest BCUT2D eigenvalue weighted by Gasteiger charge is 2.20. The first-order valence-electron chi connectivity index (χ1n) is 5.34. The van der Waals surface area contributed by atoms with E-state index in [4.69, 9.17) is 0 Å². The van der Waals surface area contributed by atoms with Gasteiger partial charge in [-0.05, 0) is 23.4 Å².